The fourth-order valence-corrected chi connectivity index (χ4v) is 1.39. The third-order valence-corrected chi connectivity index (χ3v) is 2.15. The smallest absolute Gasteiger partial charge is 0.124 e. The molecule has 5 heteroatoms. The summed E-state index contributed by atoms with van der Waals surface area (Å²) in [5.74, 6) is 0. The maximum atomic E-state index is 10.4. The molecule has 0 fully saturated rings. The van der Waals surface area contributed by atoms with Crippen LogP contribution in [-0.4, -0.2) is 13.0 Å². The SMILES string of the molecule is O=S(=O)([O-])c1cccc(Cl)c1. The fraction of sp³-hybridized carbons (Fsp3) is 0. The molecule has 0 aliphatic rings. The van der Waals surface area contributed by atoms with Crippen LogP contribution in [0, 0.1) is 0 Å². The van der Waals surface area contributed by atoms with Gasteiger partial charge in [-0.3, -0.25) is 0 Å². The molecule has 1 rings (SSSR count). The molecule has 3 nitrogen and oxygen atoms in total. The average Bonchev–Trinajstić information content (AvgIpc) is 1.86. The first-order valence-electron chi connectivity index (χ1n) is 2.71. The van der Waals surface area contributed by atoms with Crippen molar-refractivity contribution in [1.29, 1.82) is 0 Å². The first-order chi connectivity index (χ1) is 5.00. The Bertz CT molecular complexity index is 358. The maximum absolute atomic E-state index is 10.4. The second-order valence-corrected chi connectivity index (χ2v) is 3.73. The van der Waals surface area contributed by atoms with Crippen LogP contribution in [0.2, 0.25) is 5.02 Å². The van der Waals surface area contributed by atoms with Crippen molar-refractivity contribution in [3.8, 4) is 0 Å². The van der Waals surface area contributed by atoms with Crippen LogP contribution in [0.4, 0.5) is 0 Å². The van der Waals surface area contributed by atoms with Gasteiger partial charge in [-0.2, -0.15) is 0 Å². The summed E-state index contributed by atoms with van der Waals surface area (Å²) in [5, 5.41) is 0.238. The van der Waals surface area contributed by atoms with Crippen molar-refractivity contribution in [2.45, 2.75) is 4.90 Å². The summed E-state index contributed by atoms with van der Waals surface area (Å²) in [5.41, 5.74) is 0. The maximum Gasteiger partial charge on any atom is 0.124 e. The molecule has 0 aliphatic heterocycles. The van der Waals surface area contributed by atoms with E-state index >= 15 is 0 Å². The van der Waals surface area contributed by atoms with Crippen LogP contribution in [0.15, 0.2) is 29.2 Å². The van der Waals surface area contributed by atoms with Crippen LogP contribution < -0.4 is 0 Å². The Morgan fingerprint density at radius 1 is 1.36 bits per heavy atom. The normalized spacial score (nSPS) is 11.5. The minimum absolute atomic E-state index is 0.238. The van der Waals surface area contributed by atoms with E-state index in [0.717, 1.165) is 6.07 Å². The molecule has 0 saturated carbocycles. The second-order valence-electron chi connectivity index (χ2n) is 1.91. The Morgan fingerprint density at radius 2 is 2.00 bits per heavy atom. The highest BCUT2D eigenvalue weighted by Crippen LogP contribution is 2.14. The monoisotopic (exact) mass is 191 g/mol. The molecule has 0 spiro atoms. The van der Waals surface area contributed by atoms with E-state index in [0.29, 0.717) is 0 Å². The van der Waals surface area contributed by atoms with Crippen LogP contribution >= 0.6 is 11.6 Å². The zero-order valence-electron chi connectivity index (χ0n) is 5.32. The van der Waals surface area contributed by atoms with Crippen molar-refractivity contribution >= 4 is 21.7 Å². The van der Waals surface area contributed by atoms with E-state index in [1.807, 2.05) is 0 Å². The van der Waals surface area contributed by atoms with Gasteiger partial charge in [0.1, 0.15) is 10.1 Å². The van der Waals surface area contributed by atoms with Crippen molar-refractivity contribution in [1.82, 2.24) is 0 Å². The molecule has 0 radical (unpaired) electrons. The average molecular weight is 192 g/mol. The molecule has 0 N–H and O–H groups in total. The number of benzene rings is 1. The molecule has 0 bridgehead atoms. The van der Waals surface area contributed by atoms with E-state index in [1.54, 1.807) is 0 Å². The summed E-state index contributed by atoms with van der Waals surface area (Å²) in [6, 6.07) is 5.22. The van der Waals surface area contributed by atoms with Crippen LogP contribution in [0.3, 0.4) is 0 Å². The predicted molar refractivity (Wildman–Crippen MR) is 39.4 cm³/mol. The molecular formula is C6H4ClO3S-. The van der Waals surface area contributed by atoms with E-state index in [1.165, 1.54) is 18.2 Å². The molecule has 0 unspecified atom stereocenters. The van der Waals surface area contributed by atoms with E-state index in [2.05, 4.69) is 0 Å². The first-order valence-corrected chi connectivity index (χ1v) is 4.50. The van der Waals surface area contributed by atoms with Gasteiger partial charge in [-0.1, -0.05) is 17.7 Å². The molecule has 0 aliphatic carbocycles. The van der Waals surface area contributed by atoms with Gasteiger partial charge in [0, 0.05) is 5.02 Å². The van der Waals surface area contributed by atoms with Crippen LogP contribution in [0.5, 0.6) is 0 Å². The molecule has 0 atom stereocenters. The van der Waals surface area contributed by atoms with Gasteiger partial charge in [-0.05, 0) is 18.2 Å². The molecule has 1 aromatic rings. The Morgan fingerprint density at radius 3 is 2.36 bits per heavy atom. The van der Waals surface area contributed by atoms with E-state index in [9.17, 15) is 13.0 Å². The Kier molecular flexibility index (Phi) is 2.17. The number of rotatable bonds is 1. The quantitative estimate of drug-likeness (QED) is 0.628. The van der Waals surface area contributed by atoms with Gasteiger partial charge in [0.2, 0.25) is 0 Å². The summed E-state index contributed by atoms with van der Waals surface area (Å²) in [6.45, 7) is 0. The molecule has 60 valence electrons. The van der Waals surface area contributed by atoms with Gasteiger partial charge >= 0.3 is 0 Å². The molecule has 0 saturated heterocycles. The lowest BCUT2D eigenvalue weighted by Gasteiger charge is -2.05. The van der Waals surface area contributed by atoms with Gasteiger partial charge < -0.3 is 4.55 Å². The van der Waals surface area contributed by atoms with Crippen LogP contribution in [0.25, 0.3) is 0 Å². The standard InChI is InChI=1S/C6H5ClO3S/c7-5-2-1-3-6(4-5)11(8,9)10/h1-4H,(H,8,9,10)/p-1. The highest BCUT2D eigenvalue weighted by molar-refractivity contribution is 7.85. The minimum atomic E-state index is -4.36. The molecular weight excluding hydrogens is 188 g/mol. The first kappa shape index (κ1) is 8.52. The molecule has 0 aromatic heterocycles. The molecule has 11 heavy (non-hydrogen) atoms. The van der Waals surface area contributed by atoms with Crippen molar-refractivity contribution in [2.24, 2.45) is 0 Å². The van der Waals surface area contributed by atoms with Crippen LogP contribution in [-0.2, 0) is 10.1 Å². The van der Waals surface area contributed by atoms with E-state index < -0.39 is 10.1 Å². The summed E-state index contributed by atoms with van der Waals surface area (Å²) >= 11 is 5.45. The summed E-state index contributed by atoms with van der Waals surface area (Å²) < 4.78 is 31.1. The van der Waals surface area contributed by atoms with Gasteiger partial charge in [0.15, 0.2) is 0 Å². The Labute approximate surface area is 69.4 Å². The van der Waals surface area contributed by atoms with Crippen molar-refractivity contribution in [2.75, 3.05) is 0 Å². The van der Waals surface area contributed by atoms with Gasteiger partial charge in [0.05, 0.1) is 4.90 Å². The Balaban J connectivity index is 3.28. The van der Waals surface area contributed by atoms with E-state index in [-0.39, 0.29) is 9.92 Å². The molecule has 0 heterocycles. The van der Waals surface area contributed by atoms with Crippen molar-refractivity contribution in [3.63, 3.8) is 0 Å². The minimum Gasteiger partial charge on any atom is -0.744 e. The number of hydrogen-bond acceptors (Lipinski definition) is 3. The fourth-order valence-electron chi connectivity index (χ4n) is 0.623. The predicted octanol–water partition coefficient (Wildman–Crippen LogP) is 1.24. The Hall–Kier alpha value is -0.580. The van der Waals surface area contributed by atoms with Crippen LogP contribution in [0.1, 0.15) is 0 Å². The zero-order chi connectivity index (χ0) is 8.48. The largest absolute Gasteiger partial charge is 0.744 e. The molecule has 1 aromatic carbocycles. The summed E-state index contributed by atoms with van der Waals surface area (Å²) in [6.07, 6.45) is 0. The van der Waals surface area contributed by atoms with E-state index in [4.69, 9.17) is 11.6 Å². The lowest BCUT2D eigenvalue weighted by molar-refractivity contribution is 0.463. The number of halogens is 1. The van der Waals surface area contributed by atoms with Gasteiger partial charge in [-0.25, -0.2) is 8.42 Å². The van der Waals surface area contributed by atoms with Gasteiger partial charge in [0.25, 0.3) is 0 Å². The topological polar surface area (TPSA) is 57.2 Å². The molecule has 0 amide bonds. The highest BCUT2D eigenvalue weighted by atomic mass is 35.5. The third-order valence-electron chi connectivity index (χ3n) is 1.08. The van der Waals surface area contributed by atoms with Crippen molar-refractivity contribution < 1.29 is 13.0 Å². The summed E-state index contributed by atoms with van der Waals surface area (Å²) in [7, 11) is -4.36. The second kappa shape index (κ2) is 2.81. The number of hydrogen-bond donors (Lipinski definition) is 0. The zero-order valence-corrected chi connectivity index (χ0v) is 6.89. The lowest BCUT2D eigenvalue weighted by atomic mass is 10.4. The third kappa shape index (κ3) is 2.18. The lowest BCUT2D eigenvalue weighted by Crippen LogP contribution is -1.97. The highest BCUT2D eigenvalue weighted by Gasteiger charge is 1.99. The van der Waals surface area contributed by atoms with Crippen molar-refractivity contribution in [3.05, 3.63) is 29.3 Å². The summed E-state index contributed by atoms with van der Waals surface area (Å²) in [4.78, 5) is -0.301. The van der Waals surface area contributed by atoms with Gasteiger partial charge in [-0.15, -0.1) is 0 Å².